The molecule has 4 N–H and O–H groups in total. The van der Waals surface area contributed by atoms with Gasteiger partial charge in [-0.2, -0.15) is 0 Å². The predicted octanol–water partition coefficient (Wildman–Crippen LogP) is 7.30. The quantitative estimate of drug-likeness (QED) is 0.0829. The molecule has 14 nitrogen and oxygen atoms in total. The van der Waals surface area contributed by atoms with Gasteiger partial charge in [0.25, 0.3) is 23.6 Å². The van der Waals surface area contributed by atoms with Crippen LogP contribution in [0.4, 0.5) is 0 Å². The number of carbonyl (C=O) groups is 4. The van der Waals surface area contributed by atoms with Gasteiger partial charge < -0.3 is 38.4 Å². The van der Waals surface area contributed by atoms with Gasteiger partial charge in [-0.25, -0.2) is 0 Å². The molecule has 0 spiro atoms. The van der Waals surface area contributed by atoms with Gasteiger partial charge in [-0.15, -0.1) is 0 Å². The zero-order valence-electron chi connectivity index (χ0n) is 37.9. The topological polar surface area (TPSA) is 159 Å². The molecule has 4 amide bonds. The summed E-state index contributed by atoms with van der Waals surface area (Å²) in [5, 5.41) is 8.61. The lowest BCUT2D eigenvalue weighted by molar-refractivity contribution is -0.124. The Balaban J connectivity index is 0.000000166. The van der Waals surface area contributed by atoms with E-state index in [9.17, 15) is 19.2 Å². The Morgan fingerprint density at radius 3 is 1.24 bits per heavy atom. The summed E-state index contributed by atoms with van der Waals surface area (Å²) < 4.78 is 15.2. The number of rotatable bonds is 14. The van der Waals surface area contributed by atoms with Crippen molar-refractivity contribution in [2.75, 3.05) is 55.5 Å². The Hall–Kier alpha value is -7.68. The first-order chi connectivity index (χ1) is 31.9. The third kappa shape index (κ3) is 8.05. The standard InChI is InChI=1S/2C26H26N4O3/c2*1-29(2)11-6-12-30-15-20(18-13-16(33-3)9-10-22(18)30)24-23(25(31)28-26(24)32)19-14-27-21-8-5-4-7-17(19)21/h2*4-5,7-10,13-15,27H,6,11-12H2,1-3H3,(H,28,31,32). The molecule has 0 saturated heterocycles. The zero-order chi connectivity index (χ0) is 46.2. The number of para-hydroxylation sites is 2. The summed E-state index contributed by atoms with van der Waals surface area (Å²) in [6, 6.07) is 27.3. The average Bonchev–Trinajstić information content (AvgIpc) is 4.16. The first-order valence-corrected chi connectivity index (χ1v) is 21.9. The maximum absolute atomic E-state index is 13.1. The number of carbonyl (C=O) groups excluding carboxylic acids is 4. The summed E-state index contributed by atoms with van der Waals surface area (Å²) in [6.07, 6.45) is 9.50. The first-order valence-electron chi connectivity index (χ1n) is 21.9. The van der Waals surface area contributed by atoms with Crippen molar-refractivity contribution in [3.05, 3.63) is 132 Å². The van der Waals surface area contributed by atoms with Crippen molar-refractivity contribution in [1.29, 1.82) is 0 Å². The van der Waals surface area contributed by atoms with Gasteiger partial charge in [0.2, 0.25) is 0 Å². The van der Waals surface area contributed by atoms with E-state index in [0.29, 0.717) is 33.8 Å². The van der Waals surface area contributed by atoms with E-state index in [4.69, 9.17) is 9.47 Å². The number of nitrogens with one attached hydrogen (secondary N) is 4. The maximum Gasteiger partial charge on any atom is 0.259 e. The SMILES string of the molecule is COc1ccc2c(c1)c(C1=C(c3c[nH]c4ccccc34)C(=O)NC1=O)cn2CCCN(C)C.COc1ccc2c(c1)c(C1=C(c3c[nH]c4ccccc34)C(=O)NC1=O)cn2CCCN(C)C. The summed E-state index contributed by atoms with van der Waals surface area (Å²) in [6.45, 7) is 3.50. The summed E-state index contributed by atoms with van der Waals surface area (Å²) in [7, 11) is 11.5. The van der Waals surface area contributed by atoms with Gasteiger partial charge in [-0.3, -0.25) is 29.8 Å². The Morgan fingerprint density at radius 1 is 0.485 bits per heavy atom. The van der Waals surface area contributed by atoms with Crippen LogP contribution in [0.3, 0.4) is 0 Å². The number of benzene rings is 4. The molecule has 66 heavy (non-hydrogen) atoms. The number of amides is 4. The summed E-state index contributed by atoms with van der Waals surface area (Å²) in [5.41, 5.74) is 8.34. The van der Waals surface area contributed by atoms with Crippen LogP contribution in [0.5, 0.6) is 11.5 Å². The van der Waals surface area contributed by atoms with Crippen molar-refractivity contribution in [1.82, 2.24) is 39.5 Å². The molecular weight excluding hydrogens is 833 g/mol. The number of imide groups is 2. The van der Waals surface area contributed by atoms with Crippen molar-refractivity contribution in [2.24, 2.45) is 0 Å². The molecule has 0 fully saturated rings. The smallest absolute Gasteiger partial charge is 0.259 e. The van der Waals surface area contributed by atoms with E-state index in [1.54, 1.807) is 26.6 Å². The number of aromatic amines is 2. The highest BCUT2D eigenvalue weighted by Crippen LogP contribution is 2.41. The Kier molecular flexibility index (Phi) is 11.9. The van der Waals surface area contributed by atoms with Gasteiger partial charge >= 0.3 is 0 Å². The van der Waals surface area contributed by atoms with Crippen LogP contribution in [0.25, 0.3) is 65.9 Å². The molecule has 14 heteroatoms. The molecule has 10 rings (SSSR count). The van der Waals surface area contributed by atoms with Crippen LogP contribution in [0.1, 0.15) is 35.1 Å². The number of hydrogen-bond acceptors (Lipinski definition) is 8. The fraction of sp³-hybridized carbons (Fsp3) is 0.231. The number of aryl methyl sites for hydroxylation is 2. The van der Waals surface area contributed by atoms with Gasteiger partial charge in [0.1, 0.15) is 11.5 Å². The molecule has 2 aliphatic heterocycles. The molecule has 2 aliphatic rings. The Bertz CT molecular complexity index is 3070. The van der Waals surface area contributed by atoms with Crippen LogP contribution < -0.4 is 20.1 Å². The van der Waals surface area contributed by atoms with Gasteiger partial charge in [-0.1, -0.05) is 36.4 Å². The fourth-order valence-electron chi connectivity index (χ4n) is 9.18. The van der Waals surface area contributed by atoms with E-state index >= 15 is 0 Å². The van der Waals surface area contributed by atoms with Crippen LogP contribution in [0.2, 0.25) is 0 Å². The lowest BCUT2D eigenvalue weighted by atomic mass is 9.95. The highest BCUT2D eigenvalue weighted by molar-refractivity contribution is 6.51. The van der Waals surface area contributed by atoms with Crippen LogP contribution >= 0.6 is 0 Å². The number of ether oxygens (including phenoxy) is 2. The lowest BCUT2D eigenvalue weighted by Crippen LogP contribution is -2.22. The summed E-state index contributed by atoms with van der Waals surface area (Å²) >= 11 is 0. The highest BCUT2D eigenvalue weighted by atomic mass is 16.5. The average molecular weight is 885 g/mol. The van der Waals surface area contributed by atoms with Gasteiger partial charge in [0, 0.05) is 104 Å². The number of methoxy groups -OCH3 is 2. The molecule has 336 valence electrons. The monoisotopic (exact) mass is 884 g/mol. The molecule has 0 unspecified atom stereocenters. The van der Waals surface area contributed by atoms with Crippen molar-refractivity contribution >= 4 is 89.5 Å². The second kappa shape index (κ2) is 18.1. The van der Waals surface area contributed by atoms with E-state index in [-0.39, 0.29) is 23.6 Å². The Labute approximate surface area is 381 Å². The third-order valence-corrected chi connectivity index (χ3v) is 12.3. The van der Waals surface area contributed by atoms with Gasteiger partial charge in [0.15, 0.2) is 0 Å². The zero-order valence-corrected chi connectivity index (χ0v) is 37.9. The molecule has 4 aromatic carbocycles. The Morgan fingerprint density at radius 2 is 0.864 bits per heavy atom. The van der Waals surface area contributed by atoms with Crippen molar-refractivity contribution < 1.29 is 28.7 Å². The third-order valence-electron chi connectivity index (χ3n) is 12.3. The number of hydrogen-bond donors (Lipinski definition) is 4. The van der Waals surface area contributed by atoms with E-state index in [1.807, 2.05) is 97.3 Å². The van der Waals surface area contributed by atoms with Crippen LogP contribution in [0, 0.1) is 0 Å². The predicted molar refractivity (Wildman–Crippen MR) is 260 cm³/mol. The van der Waals surface area contributed by atoms with Crippen LogP contribution in [-0.2, 0) is 32.3 Å². The largest absolute Gasteiger partial charge is 0.497 e. The van der Waals surface area contributed by atoms with Crippen molar-refractivity contribution in [2.45, 2.75) is 25.9 Å². The van der Waals surface area contributed by atoms with Gasteiger partial charge in [0.05, 0.1) is 36.5 Å². The molecule has 0 saturated carbocycles. The normalized spacial score (nSPS) is 14.2. The second-order valence-electron chi connectivity index (χ2n) is 17.1. The van der Waals surface area contributed by atoms with Gasteiger partial charge in [-0.05, 0) is 103 Å². The van der Waals surface area contributed by atoms with E-state index in [2.05, 4.69) is 67.7 Å². The van der Waals surface area contributed by atoms with Crippen molar-refractivity contribution in [3.8, 4) is 11.5 Å². The maximum atomic E-state index is 13.1. The minimum atomic E-state index is -0.379. The lowest BCUT2D eigenvalue weighted by Gasteiger charge is -2.10. The molecule has 6 heterocycles. The summed E-state index contributed by atoms with van der Waals surface area (Å²) in [4.78, 5) is 62.9. The summed E-state index contributed by atoms with van der Waals surface area (Å²) in [5.74, 6) is -0.110. The minimum absolute atomic E-state index is 0.379. The number of aromatic nitrogens is 4. The van der Waals surface area contributed by atoms with Crippen LogP contribution in [-0.4, -0.2) is 108 Å². The minimum Gasteiger partial charge on any atom is -0.497 e. The fourth-order valence-corrected chi connectivity index (χ4v) is 9.18. The molecule has 0 aliphatic carbocycles. The number of nitrogens with zero attached hydrogens (tertiary/aromatic N) is 4. The number of fused-ring (bicyclic) bond motifs is 4. The molecule has 0 bridgehead atoms. The molecule has 8 aromatic rings. The van der Waals surface area contributed by atoms with E-state index in [0.717, 1.165) is 105 Å². The van der Waals surface area contributed by atoms with E-state index < -0.39 is 0 Å². The number of H-pyrrole nitrogens is 2. The molecule has 4 aromatic heterocycles. The molecule has 0 atom stereocenters. The van der Waals surface area contributed by atoms with E-state index in [1.165, 1.54) is 0 Å². The van der Waals surface area contributed by atoms with Crippen LogP contribution in [0.15, 0.2) is 110 Å². The van der Waals surface area contributed by atoms with Crippen molar-refractivity contribution in [3.63, 3.8) is 0 Å². The molecule has 0 radical (unpaired) electrons. The highest BCUT2D eigenvalue weighted by Gasteiger charge is 2.36. The first kappa shape index (κ1) is 43.6. The second-order valence-corrected chi connectivity index (χ2v) is 17.1. The molecular formula is C52H52N8O6.